The molecule has 0 aliphatic heterocycles. The van der Waals surface area contributed by atoms with Crippen molar-refractivity contribution < 1.29 is 5.11 Å². The van der Waals surface area contributed by atoms with Crippen molar-refractivity contribution in [3.63, 3.8) is 0 Å². The molecule has 0 aromatic carbocycles. The van der Waals surface area contributed by atoms with E-state index in [9.17, 15) is 0 Å². The van der Waals surface area contributed by atoms with Crippen LogP contribution in [0.2, 0.25) is 0 Å². The molecule has 0 aromatic heterocycles. The van der Waals surface area contributed by atoms with E-state index in [2.05, 4.69) is 6.58 Å². The fourth-order valence-corrected chi connectivity index (χ4v) is 0. The van der Waals surface area contributed by atoms with Gasteiger partial charge < -0.3 is 5.11 Å². The van der Waals surface area contributed by atoms with Crippen molar-refractivity contribution in [2.75, 3.05) is 0 Å². The number of hydrogen-bond acceptors (Lipinski definition) is 1. The van der Waals surface area contributed by atoms with Gasteiger partial charge in [0.2, 0.25) is 0 Å². The number of rotatable bonds is 0. The summed E-state index contributed by atoms with van der Waals surface area (Å²) in [5.74, 6) is -0.583. The van der Waals surface area contributed by atoms with E-state index < -0.39 is 5.88 Å². The second-order valence-corrected chi connectivity index (χ2v) is 0.447. The Morgan fingerprint density at radius 1 is 2.00 bits per heavy atom. The average molecular weight is 58.1 g/mol. The maximum Gasteiger partial charge on any atom is 0.195 e. The zero-order chi connectivity index (χ0) is 3.58. The molecule has 2 heteroatoms. The lowest BCUT2D eigenvalue weighted by atomic mass is 11.0. The van der Waals surface area contributed by atoms with Crippen LogP contribution in [0.4, 0.5) is 0 Å². The van der Waals surface area contributed by atoms with Crippen LogP contribution in [0.15, 0.2) is 12.5 Å². The van der Waals surface area contributed by atoms with Gasteiger partial charge in [0.1, 0.15) is 0 Å². The van der Waals surface area contributed by atoms with Crippen LogP contribution in [0.5, 0.6) is 0 Å². The third kappa shape index (κ3) is 0.356. The molecule has 0 aromatic rings. The predicted octanol–water partition coefficient (Wildman–Crippen LogP) is 0.298. The van der Waals surface area contributed by atoms with Crippen LogP contribution in [-0.4, -0.2) is 5.11 Å². The standard InChI is InChI=1S/C2H4NO/c1-2(3)4/h3-4H,1H2. The Hall–Kier alpha value is -0.660. The van der Waals surface area contributed by atoms with Crippen molar-refractivity contribution >= 4 is 0 Å². The van der Waals surface area contributed by atoms with Crippen molar-refractivity contribution in [1.29, 1.82) is 0 Å². The minimum Gasteiger partial charge on any atom is -0.494 e. The van der Waals surface area contributed by atoms with Crippen LogP contribution < -0.4 is 5.73 Å². The highest BCUT2D eigenvalue weighted by Crippen LogP contribution is 1.55. The Balaban J connectivity index is 2.80. The first-order valence-corrected chi connectivity index (χ1v) is 0.827. The van der Waals surface area contributed by atoms with Crippen LogP contribution in [0, 0.1) is 0 Å². The number of aliphatic hydroxyl groups is 1. The smallest absolute Gasteiger partial charge is 0.195 e. The summed E-state index contributed by atoms with van der Waals surface area (Å²) >= 11 is 0. The first kappa shape index (κ1) is 3.34. The van der Waals surface area contributed by atoms with Crippen LogP contribution >= 0.6 is 0 Å². The van der Waals surface area contributed by atoms with Crippen molar-refractivity contribution in [1.82, 2.24) is 5.73 Å². The normalized spacial score (nSPS) is 6.00. The molecule has 0 spiro atoms. The highest BCUT2D eigenvalue weighted by atomic mass is 16.3. The Morgan fingerprint density at radius 2 is 2.00 bits per heavy atom. The number of nitrogens with one attached hydrogen (secondary N) is 1. The average Bonchev–Trinajstić information content (AvgIpc) is 0.811. The van der Waals surface area contributed by atoms with Gasteiger partial charge in [0.25, 0.3) is 0 Å². The molecule has 4 heavy (non-hydrogen) atoms. The summed E-state index contributed by atoms with van der Waals surface area (Å²) in [6, 6.07) is 0. The van der Waals surface area contributed by atoms with Crippen LogP contribution in [0.1, 0.15) is 0 Å². The van der Waals surface area contributed by atoms with Crippen molar-refractivity contribution in [2.45, 2.75) is 0 Å². The molecule has 0 fully saturated rings. The number of aliphatic hydroxyl groups excluding tert-OH is 1. The van der Waals surface area contributed by atoms with Crippen molar-refractivity contribution in [2.24, 2.45) is 0 Å². The third-order valence-electron chi connectivity index (χ3n) is 0. The second-order valence-electron chi connectivity index (χ2n) is 0.447. The van der Waals surface area contributed by atoms with Crippen molar-refractivity contribution in [3.05, 3.63) is 12.5 Å². The van der Waals surface area contributed by atoms with Gasteiger partial charge in [0.15, 0.2) is 5.88 Å². The van der Waals surface area contributed by atoms with Crippen LogP contribution in [0.3, 0.4) is 0 Å². The fourth-order valence-electron chi connectivity index (χ4n) is 0. The lowest BCUT2D eigenvalue weighted by Gasteiger charge is -1.67. The van der Waals surface area contributed by atoms with E-state index in [0.29, 0.717) is 0 Å². The van der Waals surface area contributed by atoms with E-state index in [4.69, 9.17) is 10.8 Å². The molecule has 23 valence electrons. The Kier molecular flexibility index (Phi) is 0.641. The quantitative estimate of drug-likeness (QED) is 0.400. The van der Waals surface area contributed by atoms with Gasteiger partial charge in [-0.25, -0.2) is 0 Å². The van der Waals surface area contributed by atoms with Gasteiger partial charge in [-0.2, -0.15) is 0 Å². The summed E-state index contributed by atoms with van der Waals surface area (Å²) in [6.45, 7) is 2.78. The largest absolute Gasteiger partial charge is 0.494 e. The molecule has 0 atom stereocenters. The van der Waals surface area contributed by atoms with Crippen LogP contribution in [0.25, 0.3) is 0 Å². The van der Waals surface area contributed by atoms with Gasteiger partial charge >= 0.3 is 0 Å². The molecule has 0 saturated carbocycles. The second kappa shape index (κ2) is 0.767. The maximum absolute atomic E-state index is 7.53. The molecule has 0 amide bonds. The van der Waals surface area contributed by atoms with E-state index in [0.717, 1.165) is 0 Å². The molecule has 0 rings (SSSR count). The van der Waals surface area contributed by atoms with Crippen molar-refractivity contribution in [3.8, 4) is 0 Å². The zero-order valence-electron chi connectivity index (χ0n) is 2.15. The molecule has 2 nitrogen and oxygen atoms in total. The zero-order valence-corrected chi connectivity index (χ0v) is 2.15. The molecule has 1 radical (unpaired) electrons. The number of hydrogen-bond donors (Lipinski definition) is 1. The molecule has 0 saturated heterocycles. The minimum absolute atomic E-state index is 0.583. The van der Waals surface area contributed by atoms with E-state index in [1.165, 1.54) is 0 Å². The summed E-state index contributed by atoms with van der Waals surface area (Å²) in [5, 5.41) is 7.53. The summed E-state index contributed by atoms with van der Waals surface area (Å²) in [5.41, 5.74) is 5.94. The topological polar surface area (TPSA) is 44.0 Å². The minimum atomic E-state index is -0.583. The van der Waals surface area contributed by atoms with E-state index in [-0.39, 0.29) is 0 Å². The lowest BCUT2D eigenvalue weighted by Crippen LogP contribution is -1.67. The van der Waals surface area contributed by atoms with Gasteiger partial charge in [-0.1, -0.05) is 0 Å². The van der Waals surface area contributed by atoms with Gasteiger partial charge in [-0.05, 0) is 6.58 Å². The molecule has 2 N–H and O–H groups in total. The SMILES string of the molecule is C=C([NH])O. The van der Waals surface area contributed by atoms with E-state index in [1.807, 2.05) is 0 Å². The summed E-state index contributed by atoms with van der Waals surface area (Å²) in [4.78, 5) is 0. The summed E-state index contributed by atoms with van der Waals surface area (Å²) < 4.78 is 0. The monoisotopic (exact) mass is 58.0 g/mol. The Labute approximate surface area is 24.5 Å². The molecule has 0 unspecified atom stereocenters. The summed E-state index contributed by atoms with van der Waals surface area (Å²) in [6.07, 6.45) is 0. The lowest BCUT2D eigenvalue weighted by molar-refractivity contribution is 0.403. The van der Waals surface area contributed by atoms with Crippen LogP contribution in [-0.2, 0) is 0 Å². The first-order chi connectivity index (χ1) is 1.73. The van der Waals surface area contributed by atoms with E-state index >= 15 is 0 Å². The summed E-state index contributed by atoms with van der Waals surface area (Å²) in [7, 11) is 0. The first-order valence-electron chi connectivity index (χ1n) is 0.827. The van der Waals surface area contributed by atoms with Gasteiger partial charge in [0.05, 0.1) is 0 Å². The molecule has 0 aliphatic carbocycles. The third-order valence-corrected chi connectivity index (χ3v) is 0. The van der Waals surface area contributed by atoms with Gasteiger partial charge in [0, 0.05) is 0 Å². The molecular formula is C2H4NO. The molecule has 0 bridgehead atoms. The highest BCUT2D eigenvalue weighted by Gasteiger charge is 1.55. The maximum atomic E-state index is 7.53. The van der Waals surface area contributed by atoms with E-state index in [1.54, 1.807) is 0 Å². The molecule has 0 aliphatic rings. The fraction of sp³-hybridized carbons (Fsp3) is 0. The van der Waals surface area contributed by atoms with Gasteiger partial charge in [-0.3, -0.25) is 5.73 Å². The Morgan fingerprint density at radius 3 is 2.00 bits per heavy atom. The predicted molar refractivity (Wildman–Crippen MR) is 14.9 cm³/mol. The molecule has 0 heterocycles. The van der Waals surface area contributed by atoms with Gasteiger partial charge in [-0.15, -0.1) is 0 Å². The molecular weight excluding hydrogens is 54.0 g/mol. The Bertz CT molecular complexity index is 29.0. The highest BCUT2D eigenvalue weighted by molar-refractivity contribution is 4.63.